The lowest BCUT2D eigenvalue weighted by Gasteiger charge is -2.16. The van der Waals surface area contributed by atoms with Crippen LogP contribution in [0, 0.1) is 0 Å². The molecule has 0 radical (unpaired) electrons. The smallest absolute Gasteiger partial charge is 0.254 e. The van der Waals surface area contributed by atoms with Crippen LogP contribution in [0.25, 0.3) is 5.69 Å². The molecule has 2 aromatic heterocycles. The Morgan fingerprint density at radius 1 is 1.27 bits per heavy atom. The number of imidazole rings is 1. The number of aromatic nitrogens is 4. The van der Waals surface area contributed by atoms with Crippen LogP contribution in [0.2, 0.25) is 0 Å². The second-order valence-corrected chi connectivity index (χ2v) is 6.30. The maximum Gasteiger partial charge on any atom is 0.254 e. The molecule has 26 heavy (non-hydrogen) atoms. The van der Waals surface area contributed by atoms with E-state index in [-0.39, 0.29) is 12.5 Å². The first kappa shape index (κ1) is 16.3. The van der Waals surface area contributed by atoms with Crippen molar-refractivity contribution in [3.63, 3.8) is 0 Å². The second-order valence-electron chi connectivity index (χ2n) is 6.30. The Hall–Kier alpha value is -3.13. The summed E-state index contributed by atoms with van der Waals surface area (Å²) in [7, 11) is 1.79. The molecule has 1 saturated heterocycles. The van der Waals surface area contributed by atoms with Gasteiger partial charge in [0.25, 0.3) is 5.91 Å². The predicted octanol–water partition coefficient (Wildman–Crippen LogP) is 0.870. The molecule has 2 atom stereocenters. The molecule has 1 fully saturated rings. The van der Waals surface area contributed by atoms with Gasteiger partial charge in [-0.05, 0) is 24.3 Å². The van der Waals surface area contributed by atoms with Crippen LogP contribution in [0.3, 0.4) is 0 Å². The minimum Gasteiger partial charge on any atom is -0.482 e. The Bertz CT molecular complexity index is 888. The van der Waals surface area contributed by atoms with E-state index in [9.17, 15) is 9.90 Å². The SMILES string of the molecule is Cn1cc(O[C@@H]2CN(C(=O)c3ccc(-n4ccnc4)cc3)C[C@H]2O)cn1. The Balaban J connectivity index is 1.43. The lowest BCUT2D eigenvalue weighted by molar-refractivity contribution is 0.0729. The van der Waals surface area contributed by atoms with E-state index in [2.05, 4.69) is 10.1 Å². The van der Waals surface area contributed by atoms with Crippen LogP contribution in [-0.2, 0) is 7.05 Å². The monoisotopic (exact) mass is 353 g/mol. The summed E-state index contributed by atoms with van der Waals surface area (Å²) in [6.45, 7) is 0.575. The lowest BCUT2D eigenvalue weighted by atomic mass is 10.2. The number of β-amino-alcohol motifs (C(OH)–C–C–N with tert-alkyl or cyclic N) is 1. The first-order valence-electron chi connectivity index (χ1n) is 8.31. The van der Waals surface area contributed by atoms with Crippen LogP contribution in [0.1, 0.15) is 10.4 Å². The van der Waals surface area contributed by atoms with E-state index in [4.69, 9.17) is 4.74 Å². The van der Waals surface area contributed by atoms with Crippen LogP contribution in [-0.4, -0.2) is 60.5 Å². The fraction of sp³-hybridized carbons (Fsp3) is 0.278. The summed E-state index contributed by atoms with van der Waals surface area (Å²) in [5.41, 5.74) is 1.50. The highest BCUT2D eigenvalue weighted by Gasteiger charge is 2.36. The number of likely N-dealkylation sites (tertiary alicyclic amines) is 1. The Morgan fingerprint density at radius 2 is 2.08 bits per heavy atom. The Morgan fingerprint density at radius 3 is 2.73 bits per heavy atom. The molecular weight excluding hydrogens is 334 g/mol. The number of aliphatic hydroxyl groups is 1. The Labute approximate surface area is 150 Å². The molecule has 8 nitrogen and oxygen atoms in total. The summed E-state index contributed by atoms with van der Waals surface area (Å²) in [4.78, 5) is 18.3. The van der Waals surface area contributed by atoms with E-state index in [1.54, 1.807) is 53.7 Å². The molecule has 0 bridgehead atoms. The van der Waals surface area contributed by atoms with Gasteiger partial charge in [0.2, 0.25) is 0 Å². The summed E-state index contributed by atoms with van der Waals surface area (Å²) in [5, 5.41) is 14.3. The van der Waals surface area contributed by atoms with Crippen molar-refractivity contribution in [2.45, 2.75) is 12.2 Å². The fourth-order valence-electron chi connectivity index (χ4n) is 3.04. The van der Waals surface area contributed by atoms with E-state index in [1.807, 2.05) is 22.9 Å². The summed E-state index contributed by atoms with van der Waals surface area (Å²) >= 11 is 0. The minimum absolute atomic E-state index is 0.126. The van der Waals surface area contributed by atoms with E-state index < -0.39 is 12.2 Å². The summed E-state index contributed by atoms with van der Waals surface area (Å²) in [6, 6.07) is 7.29. The van der Waals surface area contributed by atoms with Crippen molar-refractivity contribution in [1.82, 2.24) is 24.2 Å². The zero-order valence-corrected chi connectivity index (χ0v) is 14.3. The van der Waals surface area contributed by atoms with Gasteiger partial charge >= 0.3 is 0 Å². The largest absolute Gasteiger partial charge is 0.482 e. The van der Waals surface area contributed by atoms with E-state index in [0.29, 0.717) is 17.9 Å². The first-order chi connectivity index (χ1) is 12.6. The van der Waals surface area contributed by atoms with E-state index >= 15 is 0 Å². The summed E-state index contributed by atoms with van der Waals surface area (Å²) in [6.07, 6.45) is 7.37. The topological polar surface area (TPSA) is 85.4 Å². The molecule has 1 amide bonds. The van der Waals surface area contributed by atoms with Crippen molar-refractivity contribution in [1.29, 1.82) is 0 Å². The van der Waals surface area contributed by atoms with Crippen molar-refractivity contribution in [2.75, 3.05) is 13.1 Å². The molecule has 0 aliphatic carbocycles. The maximum atomic E-state index is 12.7. The molecule has 4 rings (SSSR count). The summed E-state index contributed by atoms with van der Waals surface area (Å²) in [5.74, 6) is 0.453. The third-order valence-corrected chi connectivity index (χ3v) is 4.41. The standard InChI is InChI=1S/C18H19N5O3/c1-21-9-15(8-20-21)26-17-11-23(10-16(17)24)18(25)13-2-4-14(5-3-13)22-7-6-19-12-22/h2-9,12,16-17,24H,10-11H2,1H3/t16-,17-/m1/s1. The van der Waals surface area contributed by atoms with Gasteiger partial charge < -0.3 is 19.3 Å². The van der Waals surface area contributed by atoms with Gasteiger partial charge in [0.15, 0.2) is 5.75 Å². The molecule has 1 aliphatic heterocycles. The highest BCUT2D eigenvalue weighted by Crippen LogP contribution is 2.20. The highest BCUT2D eigenvalue weighted by molar-refractivity contribution is 5.94. The minimum atomic E-state index is -0.732. The van der Waals surface area contributed by atoms with Crippen molar-refractivity contribution in [2.24, 2.45) is 7.05 Å². The zero-order chi connectivity index (χ0) is 18.1. The fourth-order valence-corrected chi connectivity index (χ4v) is 3.04. The number of carbonyl (C=O) groups is 1. The molecule has 0 spiro atoms. The number of aliphatic hydroxyl groups excluding tert-OH is 1. The number of hydrogen-bond donors (Lipinski definition) is 1. The molecule has 3 aromatic rings. The van der Waals surface area contributed by atoms with E-state index in [1.165, 1.54) is 0 Å². The third-order valence-electron chi connectivity index (χ3n) is 4.41. The van der Waals surface area contributed by atoms with Crippen LogP contribution >= 0.6 is 0 Å². The van der Waals surface area contributed by atoms with Gasteiger partial charge in [0, 0.05) is 30.7 Å². The maximum absolute atomic E-state index is 12.7. The number of aryl methyl sites for hydroxylation is 1. The molecule has 3 heterocycles. The molecule has 8 heteroatoms. The molecule has 1 N–H and O–H groups in total. The summed E-state index contributed by atoms with van der Waals surface area (Å²) < 4.78 is 9.25. The van der Waals surface area contributed by atoms with Gasteiger partial charge in [-0.2, -0.15) is 5.10 Å². The van der Waals surface area contributed by atoms with Gasteiger partial charge in [0.1, 0.15) is 12.2 Å². The van der Waals surface area contributed by atoms with Crippen LogP contribution in [0.15, 0.2) is 55.4 Å². The number of carbonyl (C=O) groups excluding carboxylic acids is 1. The normalized spacial score (nSPS) is 19.7. The molecule has 0 saturated carbocycles. The van der Waals surface area contributed by atoms with Crippen molar-refractivity contribution in [3.05, 3.63) is 60.9 Å². The van der Waals surface area contributed by atoms with Gasteiger partial charge in [-0.25, -0.2) is 4.98 Å². The van der Waals surface area contributed by atoms with Crippen molar-refractivity contribution in [3.8, 4) is 11.4 Å². The highest BCUT2D eigenvalue weighted by atomic mass is 16.5. The third kappa shape index (κ3) is 3.18. The average molecular weight is 353 g/mol. The molecule has 134 valence electrons. The predicted molar refractivity (Wildman–Crippen MR) is 93.1 cm³/mol. The zero-order valence-electron chi connectivity index (χ0n) is 14.3. The van der Waals surface area contributed by atoms with Gasteiger partial charge in [-0.3, -0.25) is 9.48 Å². The molecule has 1 aliphatic rings. The lowest BCUT2D eigenvalue weighted by Crippen LogP contribution is -2.31. The molecule has 1 aromatic carbocycles. The number of hydrogen-bond acceptors (Lipinski definition) is 5. The molecule has 0 unspecified atom stereocenters. The van der Waals surface area contributed by atoms with Gasteiger partial charge in [0.05, 0.1) is 31.8 Å². The second kappa shape index (κ2) is 6.64. The van der Waals surface area contributed by atoms with Crippen LogP contribution in [0.5, 0.6) is 5.75 Å². The first-order valence-corrected chi connectivity index (χ1v) is 8.31. The number of nitrogens with zero attached hydrogens (tertiary/aromatic N) is 5. The van der Waals surface area contributed by atoms with E-state index in [0.717, 1.165) is 5.69 Å². The quantitative estimate of drug-likeness (QED) is 0.752. The number of ether oxygens (including phenoxy) is 1. The number of benzene rings is 1. The van der Waals surface area contributed by atoms with Gasteiger partial charge in [-0.15, -0.1) is 0 Å². The average Bonchev–Trinajstić information content (AvgIpc) is 3.38. The van der Waals surface area contributed by atoms with Crippen molar-refractivity contribution < 1.29 is 14.6 Å². The van der Waals surface area contributed by atoms with Crippen LogP contribution < -0.4 is 4.74 Å². The number of amides is 1. The van der Waals surface area contributed by atoms with Gasteiger partial charge in [-0.1, -0.05) is 0 Å². The Kier molecular flexibility index (Phi) is 4.18. The molecular formula is C18H19N5O3. The van der Waals surface area contributed by atoms with Crippen LogP contribution in [0.4, 0.5) is 0 Å². The number of rotatable bonds is 4. The van der Waals surface area contributed by atoms with Crippen molar-refractivity contribution >= 4 is 5.91 Å².